The number of nitrogens with zero attached hydrogens (tertiary/aromatic N) is 1. The van der Waals surface area contributed by atoms with E-state index in [2.05, 4.69) is 17.2 Å². The van der Waals surface area contributed by atoms with Crippen molar-refractivity contribution in [3.05, 3.63) is 16.1 Å². The molecule has 1 aromatic heterocycles. The van der Waals surface area contributed by atoms with E-state index in [0.717, 1.165) is 12.3 Å². The highest BCUT2D eigenvalue weighted by Crippen LogP contribution is 2.18. The number of thioether (sulfide) groups is 1. The lowest BCUT2D eigenvalue weighted by Crippen LogP contribution is -2.02. The van der Waals surface area contributed by atoms with Crippen LogP contribution in [0.25, 0.3) is 0 Å². The van der Waals surface area contributed by atoms with Gasteiger partial charge in [-0.05, 0) is 19.2 Å². The van der Waals surface area contributed by atoms with Crippen molar-refractivity contribution in [2.75, 3.05) is 12.8 Å². The largest absolute Gasteiger partial charge is 0.315 e. The first kappa shape index (κ1) is 11.0. The van der Waals surface area contributed by atoms with Crippen molar-refractivity contribution >= 4 is 23.1 Å². The Morgan fingerprint density at radius 3 is 3.15 bits per heavy atom. The van der Waals surface area contributed by atoms with E-state index in [9.17, 15) is 0 Å². The van der Waals surface area contributed by atoms with E-state index in [1.807, 2.05) is 36.3 Å². The molecular formula is C9H16N2S2. The molecule has 0 amide bonds. The molecule has 1 N–H and O–H groups in total. The summed E-state index contributed by atoms with van der Waals surface area (Å²) in [5.41, 5.74) is 0. The summed E-state index contributed by atoms with van der Waals surface area (Å²) >= 11 is 3.78. The molecule has 1 heterocycles. The molecule has 13 heavy (non-hydrogen) atoms. The van der Waals surface area contributed by atoms with Crippen molar-refractivity contribution in [3.63, 3.8) is 0 Å². The van der Waals surface area contributed by atoms with Gasteiger partial charge in [-0.15, -0.1) is 11.3 Å². The summed E-state index contributed by atoms with van der Waals surface area (Å²) in [6.07, 6.45) is 3.22. The van der Waals surface area contributed by atoms with Crippen molar-refractivity contribution in [2.45, 2.75) is 25.6 Å². The monoisotopic (exact) mass is 216 g/mol. The molecule has 1 aromatic rings. The summed E-state index contributed by atoms with van der Waals surface area (Å²) in [5.74, 6) is 2.31. The van der Waals surface area contributed by atoms with Crippen LogP contribution in [0, 0.1) is 0 Å². The fourth-order valence-corrected chi connectivity index (χ4v) is 2.87. The summed E-state index contributed by atoms with van der Waals surface area (Å²) < 4.78 is 0. The summed E-state index contributed by atoms with van der Waals surface area (Å²) in [5, 5.41) is 4.38. The van der Waals surface area contributed by atoms with Gasteiger partial charge < -0.3 is 5.32 Å². The Bertz CT molecular complexity index is 235. The Labute approximate surface area is 88.2 Å². The molecule has 4 heteroatoms. The summed E-state index contributed by atoms with van der Waals surface area (Å²) in [7, 11) is 1.96. The average molecular weight is 216 g/mol. The van der Waals surface area contributed by atoms with Gasteiger partial charge >= 0.3 is 0 Å². The Morgan fingerprint density at radius 2 is 2.46 bits per heavy atom. The van der Waals surface area contributed by atoms with Crippen LogP contribution in [0.3, 0.4) is 0 Å². The van der Waals surface area contributed by atoms with E-state index in [1.165, 1.54) is 22.1 Å². The number of hydrogen-bond acceptors (Lipinski definition) is 4. The van der Waals surface area contributed by atoms with Gasteiger partial charge in [-0.25, -0.2) is 4.98 Å². The summed E-state index contributed by atoms with van der Waals surface area (Å²) in [6.45, 7) is 3.15. The zero-order chi connectivity index (χ0) is 9.52. The highest BCUT2D eigenvalue weighted by atomic mass is 32.2. The van der Waals surface area contributed by atoms with Gasteiger partial charge in [-0.3, -0.25) is 0 Å². The van der Waals surface area contributed by atoms with Gasteiger partial charge in [0, 0.05) is 23.4 Å². The third kappa shape index (κ3) is 4.11. The fourth-order valence-electron chi connectivity index (χ4n) is 0.975. The molecule has 0 saturated heterocycles. The molecule has 0 aliphatic carbocycles. The molecule has 0 atom stereocenters. The molecule has 0 aliphatic rings. The van der Waals surface area contributed by atoms with E-state index in [4.69, 9.17) is 0 Å². The van der Waals surface area contributed by atoms with Gasteiger partial charge in [-0.2, -0.15) is 11.8 Å². The van der Waals surface area contributed by atoms with Crippen molar-refractivity contribution in [1.82, 2.24) is 10.3 Å². The van der Waals surface area contributed by atoms with E-state index < -0.39 is 0 Å². The topological polar surface area (TPSA) is 24.9 Å². The van der Waals surface area contributed by atoms with Crippen LogP contribution in [0.5, 0.6) is 0 Å². The quantitative estimate of drug-likeness (QED) is 0.740. The van der Waals surface area contributed by atoms with Gasteiger partial charge in [0.2, 0.25) is 0 Å². The Hall–Kier alpha value is -0.0600. The lowest BCUT2D eigenvalue weighted by molar-refractivity contribution is 0.829. The predicted octanol–water partition coefficient (Wildman–Crippen LogP) is 2.51. The minimum Gasteiger partial charge on any atom is -0.315 e. The van der Waals surface area contributed by atoms with Crippen LogP contribution in [0.4, 0.5) is 0 Å². The number of hydrogen-bond donors (Lipinski definition) is 1. The summed E-state index contributed by atoms with van der Waals surface area (Å²) in [4.78, 5) is 5.69. The standard InChI is InChI=1S/C9H16N2S2/c1-3-4-12-7-9-11-6-8(13-9)5-10-2/h6,10H,3-5,7H2,1-2H3. The molecule has 0 aromatic carbocycles. The fraction of sp³-hybridized carbons (Fsp3) is 0.667. The van der Waals surface area contributed by atoms with Crippen molar-refractivity contribution in [3.8, 4) is 0 Å². The van der Waals surface area contributed by atoms with Crippen molar-refractivity contribution < 1.29 is 0 Å². The maximum Gasteiger partial charge on any atom is 0.103 e. The van der Waals surface area contributed by atoms with Crippen molar-refractivity contribution in [2.24, 2.45) is 0 Å². The molecule has 0 fully saturated rings. The second-order valence-corrected chi connectivity index (χ2v) is 5.11. The Kier molecular flexibility index (Phi) is 5.43. The van der Waals surface area contributed by atoms with Crippen LogP contribution in [0.2, 0.25) is 0 Å². The summed E-state index contributed by atoms with van der Waals surface area (Å²) in [6, 6.07) is 0. The smallest absolute Gasteiger partial charge is 0.103 e. The first-order valence-electron chi connectivity index (χ1n) is 4.52. The molecule has 74 valence electrons. The van der Waals surface area contributed by atoms with Crippen LogP contribution in [0.15, 0.2) is 6.20 Å². The molecule has 1 rings (SSSR count). The lowest BCUT2D eigenvalue weighted by Gasteiger charge is -1.94. The highest BCUT2D eigenvalue weighted by molar-refractivity contribution is 7.98. The molecule has 0 bridgehead atoms. The maximum absolute atomic E-state index is 4.36. The average Bonchev–Trinajstić information content (AvgIpc) is 2.54. The van der Waals surface area contributed by atoms with E-state index in [-0.39, 0.29) is 0 Å². The highest BCUT2D eigenvalue weighted by Gasteiger charge is 2.00. The first-order valence-corrected chi connectivity index (χ1v) is 6.50. The molecule has 0 radical (unpaired) electrons. The van der Waals surface area contributed by atoms with Crippen LogP contribution in [-0.2, 0) is 12.3 Å². The second kappa shape index (κ2) is 6.40. The molecule has 0 spiro atoms. The normalized spacial score (nSPS) is 10.6. The molecule has 0 unspecified atom stereocenters. The van der Waals surface area contributed by atoms with Crippen molar-refractivity contribution in [1.29, 1.82) is 0 Å². The van der Waals surface area contributed by atoms with Gasteiger partial charge in [0.1, 0.15) is 5.01 Å². The number of nitrogens with one attached hydrogen (secondary N) is 1. The Balaban J connectivity index is 2.31. The number of aromatic nitrogens is 1. The van der Waals surface area contributed by atoms with Crippen LogP contribution >= 0.6 is 23.1 Å². The molecule has 0 aliphatic heterocycles. The lowest BCUT2D eigenvalue weighted by atomic mass is 10.5. The van der Waals surface area contributed by atoms with E-state index in [1.54, 1.807) is 0 Å². The maximum atomic E-state index is 4.36. The van der Waals surface area contributed by atoms with Crippen LogP contribution in [0.1, 0.15) is 23.2 Å². The number of rotatable bonds is 6. The molecule has 2 nitrogen and oxygen atoms in total. The zero-order valence-electron chi connectivity index (χ0n) is 8.17. The van der Waals surface area contributed by atoms with E-state index in [0.29, 0.717) is 0 Å². The van der Waals surface area contributed by atoms with Gasteiger partial charge in [0.05, 0.1) is 0 Å². The first-order chi connectivity index (χ1) is 6.36. The second-order valence-electron chi connectivity index (χ2n) is 2.80. The third-order valence-electron chi connectivity index (χ3n) is 1.53. The van der Waals surface area contributed by atoms with Gasteiger partial charge in [0.25, 0.3) is 0 Å². The third-order valence-corrected chi connectivity index (χ3v) is 3.88. The SMILES string of the molecule is CCCSCc1ncc(CNC)s1. The Morgan fingerprint density at radius 1 is 1.62 bits per heavy atom. The molecule has 0 saturated carbocycles. The minimum atomic E-state index is 0.941. The zero-order valence-corrected chi connectivity index (χ0v) is 9.80. The predicted molar refractivity (Wildman–Crippen MR) is 61.3 cm³/mol. The van der Waals surface area contributed by atoms with Gasteiger partial charge in [0.15, 0.2) is 0 Å². The number of thiazole rings is 1. The van der Waals surface area contributed by atoms with E-state index >= 15 is 0 Å². The van der Waals surface area contributed by atoms with Crippen LogP contribution < -0.4 is 5.32 Å². The minimum absolute atomic E-state index is 0.941. The van der Waals surface area contributed by atoms with Gasteiger partial charge in [-0.1, -0.05) is 6.92 Å². The molecular weight excluding hydrogens is 200 g/mol. The van der Waals surface area contributed by atoms with Crippen LogP contribution in [-0.4, -0.2) is 17.8 Å².